The fourth-order valence-corrected chi connectivity index (χ4v) is 5.87. The molecule has 1 aliphatic carbocycles. The average Bonchev–Trinajstić information content (AvgIpc) is 3.06. The molecule has 1 fully saturated rings. The van der Waals surface area contributed by atoms with E-state index < -0.39 is 0 Å². The molecule has 1 atom stereocenters. The molecule has 150 valence electrons. The van der Waals surface area contributed by atoms with Gasteiger partial charge < -0.3 is 19.7 Å². The molecule has 1 aliphatic heterocycles. The molecule has 0 spiro atoms. The second-order valence-electron chi connectivity index (χ2n) is 7.62. The van der Waals surface area contributed by atoms with Crippen LogP contribution in [0.15, 0.2) is 24.3 Å². The highest BCUT2D eigenvalue weighted by Crippen LogP contribution is 2.42. The van der Waals surface area contributed by atoms with E-state index in [9.17, 15) is 4.79 Å². The van der Waals surface area contributed by atoms with E-state index in [0.717, 1.165) is 49.9 Å². The van der Waals surface area contributed by atoms with E-state index in [1.807, 2.05) is 6.07 Å². The number of hydrogen-bond acceptors (Lipinski definition) is 4. The molecule has 2 aromatic rings. The Morgan fingerprint density at radius 3 is 2.79 bits per heavy atom. The first kappa shape index (κ1) is 19.4. The quantitative estimate of drug-likeness (QED) is 0.810. The summed E-state index contributed by atoms with van der Waals surface area (Å²) in [7, 11) is 1.71. The monoisotopic (exact) mass is 401 g/mol. The van der Waals surface area contributed by atoms with Crippen LogP contribution in [-0.2, 0) is 22.4 Å². The molecule has 0 unspecified atom stereocenters. The van der Waals surface area contributed by atoms with Crippen molar-refractivity contribution in [3.8, 4) is 5.75 Å². The Labute approximate surface area is 170 Å². The van der Waals surface area contributed by atoms with Crippen LogP contribution in [0.4, 0.5) is 5.00 Å². The van der Waals surface area contributed by atoms with E-state index in [1.54, 1.807) is 25.4 Å². The number of aryl methyl sites for hydroxylation is 1. The lowest BCUT2D eigenvalue weighted by Crippen LogP contribution is -3.14. The number of rotatable bonds is 5. The molecule has 1 aromatic carbocycles. The second-order valence-corrected chi connectivity index (χ2v) is 8.72. The van der Waals surface area contributed by atoms with Crippen LogP contribution in [0, 0.1) is 0 Å². The molecule has 6 heteroatoms. The molecule has 1 amide bonds. The molecule has 5 nitrogen and oxygen atoms in total. The molecule has 2 aliphatic rings. The predicted molar refractivity (Wildman–Crippen MR) is 112 cm³/mol. The van der Waals surface area contributed by atoms with Crippen LogP contribution in [0.5, 0.6) is 5.75 Å². The van der Waals surface area contributed by atoms with Gasteiger partial charge in [-0.1, -0.05) is 12.1 Å². The molecule has 2 N–H and O–H groups in total. The standard InChI is InChI=1S/C22H28N2O3S/c1-15(25)23-22-20(18-8-3-4-9-19(18)28-22)21(24-10-12-27-13-11-24)16-6-5-7-17(14-16)26-2/h5-7,14,21H,3-4,8-13H2,1-2H3,(H,23,25)/p+1/t21-/m1/s1. The van der Waals surface area contributed by atoms with Crippen LogP contribution in [0.3, 0.4) is 0 Å². The summed E-state index contributed by atoms with van der Waals surface area (Å²) in [4.78, 5) is 14.9. The number of fused-ring (bicyclic) bond motifs is 1. The van der Waals surface area contributed by atoms with Crippen molar-refractivity contribution in [2.75, 3.05) is 38.7 Å². The fraction of sp³-hybridized carbons (Fsp3) is 0.500. The predicted octanol–water partition coefficient (Wildman–Crippen LogP) is 2.60. The van der Waals surface area contributed by atoms with E-state index in [2.05, 4.69) is 23.5 Å². The summed E-state index contributed by atoms with van der Waals surface area (Å²) in [5, 5.41) is 4.19. The number of nitrogens with one attached hydrogen (secondary N) is 2. The van der Waals surface area contributed by atoms with E-state index in [4.69, 9.17) is 9.47 Å². The number of hydrogen-bond donors (Lipinski definition) is 2. The Hall–Kier alpha value is -1.89. The summed E-state index contributed by atoms with van der Waals surface area (Å²) >= 11 is 1.78. The highest BCUT2D eigenvalue weighted by atomic mass is 32.1. The van der Waals surface area contributed by atoms with Crippen molar-refractivity contribution >= 4 is 22.2 Å². The maximum absolute atomic E-state index is 12.0. The number of ether oxygens (including phenoxy) is 2. The van der Waals surface area contributed by atoms with Crippen molar-refractivity contribution < 1.29 is 19.2 Å². The van der Waals surface area contributed by atoms with E-state index in [-0.39, 0.29) is 11.9 Å². The minimum atomic E-state index is 0.00113. The molecular weight excluding hydrogens is 372 g/mol. The number of carbonyl (C=O) groups is 1. The fourth-order valence-electron chi connectivity index (χ4n) is 4.50. The van der Waals surface area contributed by atoms with Gasteiger partial charge in [0.1, 0.15) is 29.9 Å². The minimum Gasteiger partial charge on any atom is -0.497 e. The van der Waals surface area contributed by atoms with Crippen LogP contribution >= 0.6 is 11.3 Å². The summed E-state index contributed by atoms with van der Waals surface area (Å²) in [6.45, 7) is 5.08. The first-order valence-corrected chi connectivity index (χ1v) is 11.0. The molecule has 0 radical (unpaired) electrons. The third-order valence-electron chi connectivity index (χ3n) is 5.76. The summed E-state index contributed by atoms with van der Waals surface area (Å²) in [6.07, 6.45) is 4.68. The molecule has 4 rings (SSSR count). The number of thiophene rings is 1. The first-order chi connectivity index (χ1) is 13.7. The van der Waals surface area contributed by atoms with Crippen molar-refractivity contribution in [1.82, 2.24) is 0 Å². The van der Waals surface area contributed by atoms with Gasteiger partial charge in [-0.15, -0.1) is 11.3 Å². The zero-order valence-corrected chi connectivity index (χ0v) is 17.5. The molecule has 0 bridgehead atoms. The Bertz CT molecular complexity index is 842. The number of anilines is 1. The van der Waals surface area contributed by atoms with Gasteiger partial charge in [0.2, 0.25) is 5.91 Å². The number of methoxy groups -OCH3 is 1. The third kappa shape index (κ3) is 3.95. The van der Waals surface area contributed by atoms with Crippen molar-refractivity contribution in [2.24, 2.45) is 0 Å². The summed E-state index contributed by atoms with van der Waals surface area (Å²) in [5.41, 5.74) is 4.03. The van der Waals surface area contributed by atoms with E-state index in [1.165, 1.54) is 39.3 Å². The average molecular weight is 402 g/mol. The van der Waals surface area contributed by atoms with Gasteiger partial charge in [0.05, 0.1) is 25.9 Å². The Kier molecular flexibility index (Phi) is 5.99. The molecule has 1 aromatic heterocycles. The minimum absolute atomic E-state index is 0.00113. The van der Waals surface area contributed by atoms with Crippen molar-refractivity contribution in [2.45, 2.75) is 38.6 Å². The van der Waals surface area contributed by atoms with Gasteiger partial charge in [-0.3, -0.25) is 4.79 Å². The molecule has 28 heavy (non-hydrogen) atoms. The number of quaternary nitrogens is 1. The SMILES string of the molecule is COc1cccc([C@H](c2c(NC(C)=O)sc3c2CCCC3)[NH+]2CCOCC2)c1. The summed E-state index contributed by atoms with van der Waals surface area (Å²) in [6, 6.07) is 8.58. The normalized spacial score (nSPS) is 18.4. The van der Waals surface area contributed by atoms with Gasteiger partial charge in [0.25, 0.3) is 0 Å². The van der Waals surface area contributed by atoms with Crippen LogP contribution < -0.4 is 15.0 Å². The van der Waals surface area contributed by atoms with Crippen molar-refractivity contribution in [3.05, 3.63) is 45.8 Å². The smallest absolute Gasteiger partial charge is 0.221 e. The van der Waals surface area contributed by atoms with Gasteiger partial charge >= 0.3 is 0 Å². The third-order valence-corrected chi connectivity index (χ3v) is 6.98. The summed E-state index contributed by atoms with van der Waals surface area (Å²) in [5.74, 6) is 0.876. The van der Waals surface area contributed by atoms with Crippen LogP contribution in [0.1, 0.15) is 47.4 Å². The number of morpholine rings is 1. The maximum atomic E-state index is 12.0. The molecule has 0 saturated carbocycles. The number of carbonyl (C=O) groups excluding carboxylic acids is 1. The lowest BCUT2D eigenvalue weighted by Gasteiger charge is -2.33. The van der Waals surface area contributed by atoms with Crippen LogP contribution in [0.2, 0.25) is 0 Å². The lowest BCUT2D eigenvalue weighted by molar-refractivity contribution is -0.933. The zero-order valence-electron chi connectivity index (χ0n) is 16.7. The Morgan fingerprint density at radius 2 is 2.04 bits per heavy atom. The maximum Gasteiger partial charge on any atom is 0.221 e. The van der Waals surface area contributed by atoms with Gasteiger partial charge in [0.15, 0.2) is 0 Å². The Balaban J connectivity index is 1.85. The highest BCUT2D eigenvalue weighted by Gasteiger charge is 2.35. The lowest BCUT2D eigenvalue weighted by atomic mass is 9.88. The number of amides is 1. The summed E-state index contributed by atoms with van der Waals surface area (Å²) < 4.78 is 11.2. The molecule has 1 saturated heterocycles. The number of benzene rings is 1. The van der Waals surface area contributed by atoms with Crippen LogP contribution in [-0.4, -0.2) is 39.3 Å². The van der Waals surface area contributed by atoms with Crippen molar-refractivity contribution in [1.29, 1.82) is 0 Å². The highest BCUT2D eigenvalue weighted by molar-refractivity contribution is 7.16. The largest absolute Gasteiger partial charge is 0.497 e. The van der Waals surface area contributed by atoms with Gasteiger partial charge in [0, 0.05) is 17.4 Å². The zero-order chi connectivity index (χ0) is 19.5. The van der Waals surface area contributed by atoms with Gasteiger partial charge in [-0.05, 0) is 43.4 Å². The molecular formula is C22H29N2O3S+. The first-order valence-electron chi connectivity index (χ1n) is 10.2. The molecule has 2 heterocycles. The van der Waals surface area contributed by atoms with Crippen LogP contribution in [0.25, 0.3) is 0 Å². The van der Waals surface area contributed by atoms with E-state index in [0.29, 0.717) is 0 Å². The van der Waals surface area contributed by atoms with Crippen molar-refractivity contribution in [3.63, 3.8) is 0 Å². The second kappa shape index (κ2) is 8.64. The van der Waals surface area contributed by atoms with Gasteiger partial charge in [-0.25, -0.2) is 0 Å². The van der Waals surface area contributed by atoms with Gasteiger partial charge in [-0.2, -0.15) is 0 Å². The Morgan fingerprint density at radius 1 is 1.25 bits per heavy atom. The topological polar surface area (TPSA) is 52.0 Å². The van der Waals surface area contributed by atoms with E-state index >= 15 is 0 Å².